The maximum atomic E-state index is 13.9. The lowest BCUT2D eigenvalue weighted by molar-refractivity contribution is 0.402. The Labute approximate surface area is 213 Å². The zero-order valence-corrected chi connectivity index (χ0v) is 21.3. The summed E-state index contributed by atoms with van der Waals surface area (Å²) >= 11 is 1.43. The highest BCUT2D eigenvalue weighted by molar-refractivity contribution is 7.07. The van der Waals surface area contributed by atoms with E-state index in [9.17, 15) is 4.79 Å². The molecule has 2 aliphatic rings. The predicted molar refractivity (Wildman–Crippen MR) is 143 cm³/mol. The number of methoxy groups -OCH3 is 2. The molecule has 4 aromatic rings. The first kappa shape index (κ1) is 22.6. The van der Waals surface area contributed by atoms with Crippen LogP contribution in [0.15, 0.2) is 82.1 Å². The standard InChI is InChI=1S/C30H26N2O3S/c1-18-12-13-19(16-25(18)35-3)17-26-29(33)32-28(22-10-6-7-11-24(22)34-2)23-15-14-20-8-4-5-9-21(20)27(23)31-30(32)36-26/h4-13,16-17,28H,14-15H2,1-3H3/b26-17+/t28-/m1/s1. The Balaban J connectivity index is 1.62. The van der Waals surface area contributed by atoms with E-state index in [1.54, 1.807) is 14.2 Å². The number of hydrogen-bond acceptors (Lipinski definition) is 5. The summed E-state index contributed by atoms with van der Waals surface area (Å²) in [6.07, 6.45) is 3.70. The molecule has 1 aliphatic heterocycles. The van der Waals surface area contributed by atoms with Gasteiger partial charge in [-0.2, -0.15) is 0 Å². The van der Waals surface area contributed by atoms with Crippen LogP contribution in [-0.4, -0.2) is 18.8 Å². The van der Waals surface area contributed by atoms with E-state index < -0.39 is 0 Å². The van der Waals surface area contributed by atoms with Gasteiger partial charge >= 0.3 is 0 Å². The smallest absolute Gasteiger partial charge is 0.271 e. The van der Waals surface area contributed by atoms with Gasteiger partial charge < -0.3 is 9.47 Å². The van der Waals surface area contributed by atoms with Gasteiger partial charge in [0.25, 0.3) is 5.56 Å². The minimum absolute atomic E-state index is 0.0420. The van der Waals surface area contributed by atoms with E-state index in [1.807, 2.05) is 54.0 Å². The Bertz CT molecular complexity index is 1710. The number of nitrogens with zero attached hydrogens (tertiary/aromatic N) is 2. The average Bonchev–Trinajstić information content (AvgIpc) is 3.22. The maximum Gasteiger partial charge on any atom is 0.271 e. The summed E-state index contributed by atoms with van der Waals surface area (Å²) in [4.78, 5) is 19.7. The molecule has 0 unspecified atom stereocenters. The lowest BCUT2D eigenvalue weighted by atomic mass is 9.83. The lowest BCUT2D eigenvalue weighted by Gasteiger charge is -2.31. The molecule has 6 rings (SSSR count). The quantitative estimate of drug-likeness (QED) is 0.415. The number of benzene rings is 3. The number of thiazole rings is 1. The van der Waals surface area contributed by atoms with Gasteiger partial charge in [-0.15, -0.1) is 0 Å². The van der Waals surface area contributed by atoms with Gasteiger partial charge in [-0.25, -0.2) is 4.99 Å². The summed E-state index contributed by atoms with van der Waals surface area (Å²) in [5.74, 6) is 1.57. The molecule has 0 saturated heterocycles. The number of fused-ring (bicyclic) bond motifs is 3. The van der Waals surface area contributed by atoms with Crippen molar-refractivity contribution in [2.75, 3.05) is 14.2 Å². The van der Waals surface area contributed by atoms with Crippen LogP contribution in [-0.2, 0) is 6.42 Å². The van der Waals surface area contributed by atoms with Gasteiger partial charge in [0.05, 0.1) is 30.5 Å². The van der Waals surface area contributed by atoms with Crippen molar-refractivity contribution in [3.8, 4) is 11.5 Å². The molecule has 1 aliphatic carbocycles. The molecule has 0 saturated carbocycles. The second kappa shape index (κ2) is 8.95. The Kier molecular flexibility index (Phi) is 5.61. The minimum atomic E-state index is -0.268. The van der Waals surface area contributed by atoms with E-state index in [0.29, 0.717) is 9.33 Å². The molecular weight excluding hydrogens is 468 g/mol. The van der Waals surface area contributed by atoms with Gasteiger partial charge in [-0.3, -0.25) is 9.36 Å². The number of rotatable bonds is 4. The molecular formula is C30H26N2O3S. The van der Waals surface area contributed by atoms with Crippen molar-refractivity contribution in [2.45, 2.75) is 25.8 Å². The van der Waals surface area contributed by atoms with Crippen LogP contribution in [0.5, 0.6) is 11.5 Å². The monoisotopic (exact) mass is 494 g/mol. The number of aromatic nitrogens is 1. The van der Waals surface area contributed by atoms with E-state index in [1.165, 1.54) is 16.9 Å². The van der Waals surface area contributed by atoms with Crippen LogP contribution < -0.4 is 24.4 Å². The fraction of sp³-hybridized carbons (Fsp3) is 0.200. The zero-order chi connectivity index (χ0) is 24.8. The van der Waals surface area contributed by atoms with Crippen LogP contribution in [0, 0.1) is 6.92 Å². The number of hydrogen-bond donors (Lipinski definition) is 0. The largest absolute Gasteiger partial charge is 0.496 e. The second-order valence-corrected chi connectivity index (χ2v) is 10.1. The Hall–Kier alpha value is -3.90. The fourth-order valence-electron chi connectivity index (χ4n) is 5.27. The van der Waals surface area contributed by atoms with E-state index >= 15 is 0 Å². The SMILES string of the molecule is COc1cc(/C=c2/sc3n(c2=O)[C@H](c2ccccc2OC)C2=C(N=3)c3ccccc3CC2)ccc1C. The molecule has 36 heavy (non-hydrogen) atoms. The highest BCUT2D eigenvalue weighted by atomic mass is 32.1. The van der Waals surface area contributed by atoms with E-state index in [-0.39, 0.29) is 11.6 Å². The molecule has 5 nitrogen and oxygen atoms in total. The summed E-state index contributed by atoms with van der Waals surface area (Å²) in [5, 5.41) is 0. The molecule has 3 aromatic carbocycles. The maximum absolute atomic E-state index is 13.9. The minimum Gasteiger partial charge on any atom is -0.496 e. The molecule has 0 amide bonds. The summed E-state index contributed by atoms with van der Waals surface area (Å²) < 4.78 is 13.7. The molecule has 2 heterocycles. The third kappa shape index (κ3) is 3.60. The van der Waals surface area contributed by atoms with Crippen molar-refractivity contribution in [1.82, 2.24) is 4.57 Å². The van der Waals surface area contributed by atoms with Gasteiger partial charge in [-0.1, -0.05) is 65.9 Å². The van der Waals surface area contributed by atoms with Crippen molar-refractivity contribution < 1.29 is 9.47 Å². The molecule has 1 aromatic heterocycles. The topological polar surface area (TPSA) is 52.8 Å². The predicted octanol–water partition coefficient (Wildman–Crippen LogP) is 4.64. The number of ether oxygens (including phenoxy) is 2. The second-order valence-electron chi connectivity index (χ2n) is 9.08. The molecule has 0 radical (unpaired) electrons. The van der Waals surface area contributed by atoms with Crippen LogP contribution in [0.4, 0.5) is 0 Å². The summed E-state index contributed by atoms with van der Waals surface area (Å²) in [6.45, 7) is 2.01. The van der Waals surface area contributed by atoms with Crippen LogP contribution in [0.3, 0.4) is 0 Å². The third-order valence-corrected chi connectivity index (χ3v) is 8.02. The average molecular weight is 495 g/mol. The summed E-state index contributed by atoms with van der Waals surface area (Å²) in [5.41, 5.74) is 7.51. The van der Waals surface area contributed by atoms with Gasteiger partial charge in [0.2, 0.25) is 0 Å². The van der Waals surface area contributed by atoms with E-state index in [4.69, 9.17) is 14.5 Å². The normalized spacial score (nSPS) is 16.6. The Morgan fingerprint density at radius 1 is 0.972 bits per heavy atom. The van der Waals surface area contributed by atoms with Crippen LogP contribution in [0.25, 0.3) is 11.8 Å². The first-order valence-electron chi connectivity index (χ1n) is 12.0. The van der Waals surface area contributed by atoms with E-state index in [0.717, 1.165) is 57.9 Å². The molecule has 1 atom stereocenters. The third-order valence-electron chi connectivity index (χ3n) is 7.04. The molecule has 180 valence electrons. The zero-order valence-electron chi connectivity index (χ0n) is 20.4. The van der Waals surface area contributed by atoms with Crippen LogP contribution in [0.1, 0.15) is 40.3 Å². The van der Waals surface area contributed by atoms with Crippen molar-refractivity contribution in [1.29, 1.82) is 0 Å². The van der Waals surface area contributed by atoms with E-state index in [2.05, 4.69) is 30.3 Å². The first-order chi connectivity index (χ1) is 17.6. The highest BCUT2D eigenvalue weighted by Crippen LogP contribution is 2.43. The number of allylic oxidation sites excluding steroid dienone is 1. The highest BCUT2D eigenvalue weighted by Gasteiger charge is 2.33. The van der Waals surface area contributed by atoms with Gasteiger partial charge in [0.1, 0.15) is 11.5 Å². The molecule has 6 heteroatoms. The van der Waals surface area contributed by atoms with Crippen LogP contribution >= 0.6 is 11.3 Å². The van der Waals surface area contributed by atoms with Crippen molar-refractivity contribution in [3.63, 3.8) is 0 Å². The van der Waals surface area contributed by atoms with Crippen LogP contribution in [0.2, 0.25) is 0 Å². The summed E-state index contributed by atoms with van der Waals surface area (Å²) in [7, 11) is 3.34. The molecule has 0 spiro atoms. The number of aryl methyl sites for hydroxylation is 2. The van der Waals surface area contributed by atoms with Crippen molar-refractivity contribution in [2.24, 2.45) is 4.99 Å². The summed E-state index contributed by atoms with van der Waals surface area (Å²) in [6, 6.07) is 22.1. The molecule has 0 bridgehead atoms. The molecule has 0 fully saturated rings. The van der Waals surface area contributed by atoms with Gasteiger partial charge in [-0.05, 0) is 60.2 Å². The fourth-order valence-corrected chi connectivity index (χ4v) is 6.27. The Morgan fingerprint density at radius 2 is 1.75 bits per heavy atom. The Morgan fingerprint density at radius 3 is 2.58 bits per heavy atom. The van der Waals surface area contributed by atoms with Gasteiger partial charge in [0, 0.05) is 11.1 Å². The number of para-hydroxylation sites is 1. The first-order valence-corrected chi connectivity index (χ1v) is 12.8. The van der Waals surface area contributed by atoms with Crippen molar-refractivity contribution >= 4 is 23.1 Å². The molecule has 0 N–H and O–H groups in total. The van der Waals surface area contributed by atoms with Crippen molar-refractivity contribution in [3.05, 3.63) is 120 Å². The lowest BCUT2D eigenvalue weighted by Crippen LogP contribution is -2.39. The van der Waals surface area contributed by atoms with Gasteiger partial charge in [0.15, 0.2) is 4.80 Å².